The average Bonchev–Trinajstić information content (AvgIpc) is 3.19. The standard InChI is InChI=1S/C19H21F2N7O2.C2H6/c1-19(20,21)15-3-6-22-18(25-15)28-14-9-16(24-11-29)23-10-13(14)17(26-28)27-7-4-12(30-2)5-8-27;1-2/h3,6,9-12H,4-5,7-8H2,1-2H3,(H,23,24,29);1-2H3. The lowest BCUT2D eigenvalue weighted by Crippen LogP contribution is -2.37. The fourth-order valence-electron chi connectivity index (χ4n) is 3.52. The molecule has 0 saturated carbocycles. The molecule has 3 aromatic rings. The zero-order valence-electron chi connectivity index (χ0n) is 18.5. The van der Waals surface area contributed by atoms with Gasteiger partial charge in [-0.25, -0.2) is 15.0 Å². The SMILES string of the molecule is CC.COC1CCN(c2nn(-c3nccc(C(C)(F)F)n3)c3cc(NC=O)ncc23)CC1. The first-order valence-corrected chi connectivity index (χ1v) is 10.5. The molecule has 1 aliphatic rings. The molecule has 0 unspecified atom stereocenters. The Hall–Kier alpha value is -3.21. The Morgan fingerprint density at radius 3 is 2.59 bits per heavy atom. The van der Waals surface area contributed by atoms with Crippen LogP contribution in [0.5, 0.6) is 0 Å². The monoisotopic (exact) mass is 447 g/mol. The Morgan fingerprint density at radius 2 is 1.97 bits per heavy atom. The predicted molar refractivity (Wildman–Crippen MR) is 117 cm³/mol. The number of anilines is 2. The van der Waals surface area contributed by atoms with E-state index in [1.54, 1.807) is 19.4 Å². The maximum absolute atomic E-state index is 13.8. The van der Waals surface area contributed by atoms with Crippen LogP contribution in [0.2, 0.25) is 0 Å². The molecule has 4 rings (SSSR count). The van der Waals surface area contributed by atoms with E-state index in [1.165, 1.54) is 16.9 Å². The smallest absolute Gasteiger partial charge is 0.287 e. The molecule has 0 radical (unpaired) electrons. The number of ether oxygens (including phenoxy) is 1. The van der Waals surface area contributed by atoms with Crippen molar-refractivity contribution in [2.75, 3.05) is 30.4 Å². The lowest BCUT2D eigenvalue weighted by atomic mass is 10.1. The zero-order valence-corrected chi connectivity index (χ0v) is 18.5. The van der Waals surface area contributed by atoms with Gasteiger partial charge >= 0.3 is 0 Å². The molecule has 9 nitrogen and oxygen atoms in total. The number of piperidine rings is 1. The topological polar surface area (TPSA) is 98.1 Å². The van der Waals surface area contributed by atoms with Gasteiger partial charge in [0.2, 0.25) is 6.41 Å². The van der Waals surface area contributed by atoms with Crippen molar-refractivity contribution in [2.45, 2.75) is 45.6 Å². The molecule has 0 bridgehead atoms. The number of nitrogens with one attached hydrogen (secondary N) is 1. The van der Waals surface area contributed by atoms with Crippen LogP contribution in [0.1, 0.15) is 39.3 Å². The van der Waals surface area contributed by atoms with E-state index in [2.05, 4.69) is 30.3 Å². The molecule has 0 atom stereocenters. The molecule has 11 heteroatoms. The number of carbonyl (C=O) groups excluding carboxylic acids is 1. The molecule has 0 spiro atoms. The largest absolute Gasteiger partial charge is 0.381 e. The van der Waals surface area contributed by atoms with Crippen LogP contribution < -0.4 is 10.2 Å². The Bertz CT molecular complexity index is 1060. The van der Waals surface area contributed by atoms with Crippen molar-refractivity contribution in [2.24, 2.45) is 0 Å². The number of alkyl halides is 2. The highest BCUT2D eigenvalue weighted by Gasteiger charge is 2.28. The summed E-state index contributed by atoms with van der Waals surface area (Å²) in [5, 5.41) is 7.83. The second kappa shape index (κ2) is 9.94. The van der Waals surface area contributed by atoms with Gasteiger partial charge < -0.3 is 15.0 Å². The van der Waals surface area contributed by atoms with Gasteiger partial charge in [-0.3, -0.25) is 4.79 Å². The molecule has 1 saturated heterocycles. The number of nitrogens with zero attached hydrogens (tertiary/aromatic N) is 6. The van der Waals surface area contributed by atoms with Crippen molar-refractivity contribution in [3.8, 4) is 5.95 Å². The first-order chi connectivity index (χ1) is 15.4. The van der Waals surface area contributed by atoms with E-state index < -0.39 is 11.6 Å². The second-order valence-corrected chi connectivity index (χ2v) is 7.14. The van der Waals surface area contributed by atoms with Crippen LogP contribution >= 0.6 is 0 Å². The summed E-state index contributed by atoms with van der Waals surface area (Å²) in [7, 11) is 1.70. The van der Waals surface area contributed by atoms with Crippen molar-refractivity contribution < 1.29 is 18.3 Å². The number of fused-ring (bicyclic) bond motifs is 1. The summed E-state index contributed by atoms with van der Waals surface area (Å²) >= 11 is 0. The summed E-state index contributed by atoms with van der Waals surface area (Å²) in [5.74, 6) is -2.14. The minimum Gasteiger partial charge on any atom is -0.381 e. The number of rotatable bonds is 6. The number of amides is 1. The summed E-state index contributed by atoms with van der Waals surface area (Å²) < 4.78 is 34.4. The highest BCUT2D eigenvalue weighted by molar-refractivity contribution is 5.93. The van der Waals surface area contributed by atoms with Crippen LogP contribution in [-0.4, -0.2) is 57.4 Å². The Labute approximate surface area is 184 Å². The number of pyridine rings is 1. The summed E-state index contributed by atoms with van der Waals surface area (Å²) in [4.78, 5) is 25.3. The van der Waals surface area contributed by atoms with E-state index in [9.17, 15) is 13.6 Å². The van der Waals surface area contributed by atoms with Crippen LogP contribution in [0.25, 0.3) is 16.9 Å². The van der Waals surface area contributed by atoms with Gasteiger partial charge in [0.15, 0.2) is 5.82 Å². The van der Waals surface area contributed by atoms with Crippen LogP contribution in [0.15, 0.2) is 24.5 Å². The van der Waals surface area contributed by atoms with Crippen molar-refractivity contribution in [3.05, 3.63) is 30.2 Å². The van der Waals surface area contributed by atoms with E-state index >= 15 is 0 Å². The molecule has 32 heavy (non-hydrogen) atoms. The van der Waals surface area contributed by atoms with Gasteiger partial charge in [-0.1, -0.05) is 13.8 Å². The van der Waals surface area contributed by atoms with Gasteiger partial charge in [-0.2, -0.15) is 13.5 Å². The van der Waals surface area contributed by atoms with Gasteiger partial charge in [0.05, 0.1) is 17.0 Å². The van der Waals surface area contributed by atoms with E-state index in [1.807, 2.05) is 13.8 Å². The van der Waals surface area contributed by atoms with Gasteiger partial charge in [-0.05, 0) is 18.9 Å². The molecule has 1 N–H and O–H groups in total. The van der Waals surface area contributed by atoms with Crippen LogP contribution in [-0.2, 0) is 15.5 Å². The fourth-order valence-corrected chi connectivity index (χ4v) is 3.52. The van der Waals surface area contributed by atoms with Gasteiger partial charge in [0.25, 0.3) is 11.9 Å². The number of hydrogen-bond acceptors (Lipinski definition) is 7. The van der Waals surface area contributed by atoms with Gasteiger partial charge in [0.1, 0.15) is 11.5 Å². The summed E-state index contributed by atoms with van der Waals surface area (Å²) in [5.41, 5.74) is 0.147. The maximum Gasteiger partial charge on any atom is 0.287 e. The van der Waals surface area contributed by atoms with Crippen LogP contribution in [0.3, 0.4) is 0 Å². The van der Waals surface area contributed by atoms with Crippen molar-refractivity contribution in [3.63, 3.8) is 0 Å². The van der Waals surface area contributed by atoms with Crippen molar-refractivity contribution in [1.82, 2.24) is 24.7 Å². The molecule has 1 amide bonds. The number of carbonyl (C=O) groups is 1. The fraction of sp³-hybridized carbons (Fsp3) is 0.476. The average molecular weight is 447 g/mol. The van der Waals surface area contributed by atoms with E-state index in [0.717, 1.165) is 32.9 Å². The van der Waals surface area contributed by atoms with Crippen LogP contribution in [0, 0.1) is 0 Å². The van der Waals surface area contributed by atoms with Crippen LogP contribution in [0.4, 0.5) is 20.4 Å². The lowest BCUT2D eigenvalue weighted by Gasteiger charge is -2.31. The Kier molecular flexibility index (Phi) is 7.29. The predicted octanol–water partition coefficient (Wildman–Crippen LogP) is 3.53. The Morgan fingerprint density at radius 1 is 1.25 bits per heavy atom. The number of aromatic nitrogens is 5. The summed E-state index contributed by atoms with van der Waals surface area (Å²) in [6, 6.07) is 2.79. The molecule has 3 aromatic heterocycles. The first-order valence-electron chi connectivity index (χ1n) is 10.5. The number of halogens is 2. The quantitative estimate of drug-likeness (QED) is 0.577. The molecule has 4 heterocycles. The van der Waals surface area contributed by atoms with E-state index in [0.29, 0.717) is 28.9 Å². The highest BCUT2D eigenvalue weighted by atomic mass is 19.3. The third-order valence-electron chi connectivity index (χ3n) is 5.11. The van der Waals surface area contributed by atoms with E-state index in [4.69, 9.17) is 4.74 Å². The summed E-state index contributed by atoms with van der Waals surface area (Å²) in [6.45, 7) is 6.24. The molecular weight excluding hydrogens is 420 g/mol. The van der Waals surface area contributed by atoms with Crippen molar-refractivity contribution in [1.29, 1.82) is 0 Å². The third kappa shape index (κ3) is 4.82. The lowest BCUT2D eigenvalue weighted by molar-refractivity contribution is -0.105. The minimum atomic E-state index is -3.11. The third-order valence-corrected chi connectivity index (χ3v) is 5.11. The van der Waals surface area contributed by atoms with Gasteiger partial charge in [-0.15, -0.1) is 5.10 Å². The first kappa shape index (κ1) is 23.5. The number of hydrogen-bond donors (Lipinski definition) is 1. The maximum atomic E-state index is 13.8. The normalized spacial score (nSPS) is 14.8. The second-order valence-electron chi connectivity index (χ2n) is 7.14. The van der Waals surface area contributed by atoms with Crippen molar-refractivity contribution >= 4 is 28.9 Å². The Balaban J connectivity index is 0.00000141. The molecule has 0 aromatic carbocycles. The highest BCUT2D eigenvalue weighted by Crippen LogP contribution is 2.31. The molecule has 172 valence electrons. The number of methoxy groups -OCH3 is 1. The molecule has 1 fully saturated rings. The summed E-state index contributed by atoms with van der Waals surface area (Å²) in [6.07, 6.45) is 5.27. The molecule has 0 aliphatic carbocycles. The van der Waals surface area contributed by atoms with E-state index in [-0.39, 0.29) is 12.1 Å². The van der Waals surface area contributed by atoms with Gasteiger partial charge in [0, 0.05) is 45.6 Å². The minimum absolute atomic E-state index is 0.0142. The molecule has 1 aliphatic heterocycles. The zero-order chi connectivity index (χ0) is 23.3. The molecular formula is C21H27F2N7O2.